The first-order valence-electron chi connectivity index (χ1n) is 11.1. The first-order chi connectivity index (χ1) is 16.1. The van der Waals surface area contributed by atoms with Crippen LogP contribution in [-0.2, 0) is 23.6 Å². The third kappa shape index (κ3) is 3.60. The first-order valence-corrected chi connectivity index (χ1v) is 21.3. The van der Waals surface area contributed by atoms with Gasteiger partial charge in [-0.2, -0.15) is 8.42 Å². The van der Waals surface area contributed by atoms with Crippen molar-refractivity contribution < 1.29 is 13.0 Å². The van der Waals surface area contributed by atoms with Crippen LogP contribution in [0.2, 0.25) is 0 Å². The van der Waals surface area contributed by atoms with Gasteiger partial charge in [0.15, 0.2) is 0 Å². The van der Waals surface area contributed by atoms with Crippen molar-refractivity contribution in [3.05, 3.63) is 94.2 Å². The molecular formula is C27H35NO3S4. The van der Waals surface area contributed by atoms with E-state index in [-0.39, 0.29) is 0 Å². The molecule has 0 saturated carbocycles. The van der Waals surface area contributed by atoms with Gasteiger partial charge in [-0.15, -0.1) is 18.5 Å². The van der Waals surface area contributed by atoms with E-state index in [1.165, 1.54) is 0 Å². The van der Waals surface area contributed by atoms with E-state index in [1.54, 1.807) is 30.5 Å². The van der Waals surface area contributed by atoms with E-state index in [1.807, 2.05) is 48.7 Å². The van der Waals surface area contributed by atoms with E-state index in [0.717, 1.165) is 38.0 Å². The molecule has 0 aromatic heterocycles. The maximum atomic E-state index is 13.0. The van der Waals surface area contributed by atoms with Crippen molar-refractivity contribution >= 4 is 58.0 Å². The van der Waals surface area contributed by atoms with E-state index in [4.69, 9.17) is 0 Å². The van der Waals surface area contributed by atoms with Gasteiger partial charge < -0.3 is 4.90 Å². The molecule has 4 rings (SSSR count). The zero-order valence-electron chi connectivity index (χ0n) is 21.3. The number of hydrogen-bond donors (Lipinski definition) is 1. The number of hydrogen-bond acceptors (Lipinski definition) is 4. The van der Waals surface area contributed by atoms with Crippen molar-refractivity contribution in [1.82, 2.24) is 0 Å². The summed E-state index contributed by atoms with van der Waals surface area (Å²) in [5.74, 6) is 0. The van der Waals surface area contributed by atoms with E-state index in [2.05, 4.69) is 60.1 Å². The van der Waals surface area contributed by atoms with Crippen LogP contribution in [0.4, 0.5) is 17.1 Å². The number of thioether (sulfide) groups is 1. The molecule has 0 spiro atoms. The average Bonchev–Trinajstić information content (AvgIpc) is 2.78. The monoisotopic (exact) mass is 549 g/mol. The fraction of sp³-hybridized carbons (Fsp3) is 0.259. The summed E-state index contributed by atoms with van der Waals surface area (Å²) in [6.45, 7) is -3.39. The molecule has 0 amide bonds. The van der Waals surface area contributed by atoms with Gasteiger partial charge in [0.1, 0.15) is 0 Å². The van der Waals surface area contributed by atoms with Crippen molar-refractivity contribution in [3.63, 3.8) is 0 Å². The Kier molecular flexibility index (Phi) is 6.06. The Bertz CT molecular complexity index is 1520. The van der Waals surface area contributed by atoms with Crippen LogP contribution in [0.15, 0.2) is 83.1 Å². The van der Waals surface area contributed by atoms with Crippen molar-refractivity contribution in [2.24, 2.45) is 0 Å². The molecule has 1 heterocycles. The van der Waals surface area contributed by atoms with Gasteiger partial charge in [0.25, 0.3) is 0 Å². The lowest BCUT2D eigenvalue weighted by Crippen LogP contribution is -2.54. The molecule has 35 heavy (non-hydrogen) atoms. The zero-order chi connectivity index (χ0) is 25.9. The standard InChI is InChI=1S/C27H35NO3S4/c1-32-27(34(2,3,4)35(5,6,7)33(29,30)31)26-22-17-11-13-19-24(22)28(21-15-9-8-10-16-21)25-20-14-12-18-23(25)26/h8-20H,1-7H3,(H,29,30,31). The van der Waals surface area contributed by atoms with Crippen LogP contribution >= 0.6 is 11.8 Å². The van der Waals surface area contributed by atoms with Crippen LogP contribution in [0.3, 0.4) is 0 Å². The van der Waals surface area contributed by atoms with E-state index >= 15 is 0 Å². The minimum absolute atomic E-state index is 1.04. The highest BCUT2D eigenvalue weighted by Gasteiger charge is 2.46. The van der Waals surface area contributed by atoms with E-state index < -0.39 is 23.6 Å². The molecule has 0 saturated heterocycles. The molecule has 1 aliphatic rings. The molecule has 0 unspecified atom stereocenters. The molecule has 0 fully saturated rings. The molecule has 1 aliphatic heterocycles. The summed E-state index contributed by atoms with van der Waals surface area (Å²) in [4.78, 5) is 2.27. The summed E-state index contributed by atoms with van der Waals surface area (Å²) < 4.78 is 37.8. The lowest BCUT2D eigenvalue weighted by Gasteiger charge is -2.58. The molecule has 8 heteroatoms. The first kappa shape index (κ1) is 26.2. The minimum atomic E-state index is -4.32. The van der Waals surface area contributed by atoms with Gasteiger partial charge in [-0.25, -0.2) is 7.72 Å². The second-order valence-corrected chi connectivity index (χ2v) is 34.9. The van der Waals surface area contributed by atoms with Crippen LogP contribution in [0.5, 0.6) is 0 Å². The molecule has 3 aromatic rings. The highest BCUT2D eigenvalue weighted by atomic mass is 33.4. The number of anilines is 3. The number of para-hydroxylation sites is 3. The van der Waals surface area contributed by atoms with Gasteiger partial charge in [0.2, 0.25) is 0 Å². The van der Waals surface area contributed by atoms with Gasteiger partial charge >= 0.3 is 9.15 Å². The lowest BCUT2D eigenvalue weighted by molar-refractivity contribution is 0.501. The summed E-state index contributed by atoms with van der Waals surface area (Å²) >= 11 is 1.61. The lowest BCUT2D eigenvalue weighted by atomic mass is 9.91. The number of rotatable bonds is 4. The third-order valence-corrected chi connectivity index (χ3v) is 40.2. The fourth-order valence-electron chi connectivity index (χ4n) is 4.40. The molecule has 0 aliphatic carbocycles. The van der Waals surface area contributed by atoms with Crippen molar-refractivity contribution in [1.29, 1.82) is 0 Å². The summed E-state index contributed by atoms with van der Waals surface area (Å²) in [5, 5.41) is 0. The Morgan fingerprint density at radius 1 is 0.743 bits per heavy atom. The highest BCUT2D eigenvalue weighted by Crippen LogP contribution is 2.57. The third-order valence-electron chi connectivity index (χ3n) is 7.57. The minimum Gasteiger partial charge on any atom is -0.309 e. The summed E-state index contributed by atoms with van der Waals surface area (Å²) in [7, 11) is -7.25. The quantitative estimate of drug-likeness (QED) is 0.235. The van der Waals surface area contributed by atoms with Gasteiger partial charge in [-0.05, 0) is 68.1 Å². The summed E-state index contributed by atoms with van der Waals surface area (Å²) in [6.07, 6.45) is 13.6. The molecule has 0 radical (unpaired) electrons. The molecular weight excluding hydrogens is 515 g/mol. The van der Waals surface area contributed by atoms with Crippen LogP contribution in [0, 0.1) is 0 Å². The van der Waals surface area contributed by atoms with E-state index in [0.29, 0.717) is 0 Å². The molecule has 190 valence electrons. The highest BCUT2D eigenvalue weighted by molar-refractivity contribution is 9.05. The average molecular weight is 550 g/mol. The molecule has 0 atom stereocenters. The zero-order valence-corrected chi connectivity index (χ0v) is 24.6. The van der Waals surface area contributed by atoms with E-state index in [9.17, 15) is 13.0 Å². The Hall–Kier alpha value is -1.84. The molecule has 1 N–H and O–H groups in total. The van der Waals surface area contributed by atoms with Crippen molar-refractivity contribution in [3.8, 4) is 0 Å². The normalized spacial score (nSPS) is 16.3. The van der Waals surface area contributed by atoms with Crippen LogP contribution < -0.4 is 4.90 Å². The topological polar surface area (TPSA) is 57.6 Å². The van der Waals surface area contributed by atoms with Gasteiger partial charge in [0.05, 0.1) is 11.4 Å². The van der Waals surface area contributed by atoms with Gasteiger partial charge in [-0.3, -0.25) is 4.55 Å². The van der Waals surface area contributed by atoms with Crippen molar-refractivity contribution in [2.75, 3.05) is 48.7 Å². The smallest absolute Gasteiger partial charge is 0.301 e. The second-order valence-electron chi connectivity index (χ2n) is 10.7. The number of benzene rings is 3. The van der Waals surface area contributed by atoms with Gasteiger partial charge in [0, 0.05) is 26.6 Å². The Morgan fingerprint density at radius 3 is 1.60 bits per heavy atom. The fourth-order valence-corrected chi connectivity index (χ4v) is 21.9. The van der Waals surface area contributed by atoms with Crippen molar-refractivity contribution in [2.45, 2.75) is 0 Å². The van der Waals surface area contributed by atoms with Crippen LogP contribution in [0.1, 0.15) is 11.1 Å². The Balaban J connectivity index is 2.28. The van der Waals surface area contributed by atoms with Gasteiger partial charge in [-0.1, -0.05) is 54.6 Å². The molecule has 3 aromatic carbocycles. The predicted molar refractivity (Wildman–Crippen MR) is 162 cm³/mol. The summed E-state index contributed by atoms with van der Waals surface area (Å²) in [6, 6.07) is 26.9. The number of fused-ring (bicyclic) bond motifs is 2. The maximum absolute atomic E-state index is 13.0. The largest absolute Gasteiger partial charge is 0.309 e. The SMILES string of the molecule is CSC(=C1c2ccccc2N(c2ccccc2)c2ccccc21)S(C)(C)(C)=S(C)(C)(C)S(=O)(=O)O. The predicted octanol–water partition coefficient (Wildman–Crippen LogP) is 6.43. The maximum Gasteiger partial charge on any atom is 0.301 e. The Morgan fingerprint density at radius 2 is 1.17 bits per heavy atom. The Labute approximate surface area is 213 Å². The number of nitrogens with zero attached hydrogens (tertiary/aromatic N) is 1. The molecule has 4 nitrogen and oxygen atoms in total. The summed E-state index contributed by atoms with van der Waals surface area (Å²) in [5.41, 5.74) is 6.35. The molecule has 0 bridgehead atoms. The van der Waals surface area contributed by atoms with Crippen LogP contribution in [-0.4, -0.2) is 56.8 Å². The second kappa shape index (κ2) is 8.08. The van der Waals surface area contributed by atoms with Crippen LogP contribution in [0.25, 0.3) is 5.57 Å².